The van der Waals surface area contributed by atoms with Crippen LogP contribution in [0.4, 0.5) is 8.78 Å². The molecule has 0 atom stereocenters. The van der Waals surface area contributed by atoms with Crippen molar-refractivity contribution in [3.8, 4) is 5.75 Å². The van der Waals surface area contributed by atoms with Crippen LogP contribution in [-0.4, -0.2) is 17.1 Å². The summed E-state index contributed by atoms with van der Waals surface area (Å²) in [6, 6.07) is 3.35. The molecular weight excluding hydrogens is 246 g/mol. The molecular formula is C11H7F2N2OS. The van der Waals surface area contributed by atoms with Gasteiger partial charge < -0.3 is 4.74 Å². The number of hydrogen-bond donors (Lipinski definition) is 0. The van der Waals surface area contributed by atoms with Gasteiger partial charge in [0.05, 0.1) is 13.3 Å². The molecule has 2 rings (SSSR count). The molecule has 0 aliphatic carbocycles. The molecule has 0 spiro atoms. The van der Waals surface area contributed by atoms with Gasteiger partial charge in [-0.2, -0.15) is 0 Å². The van der Waals surface area contributed by atoms with Gasteiger partial charge in [-0.25, -0.2) is 18.7 Å². The number of rotatable bonds is 3. The van der Waals surface area contributed by atoms with Crippen LogP contribution in [0.25, 0.3) is 0 Å². The van der Waals surface area contributed by atoms with Crippen molar-refractivity contribution in [2.75, 3.05) is 7.11 Å². The molecule has 0 saturated heterocycles. The predicted molar refractivity (Wildman–Crippen MR) is 57.9 cm³/mol. The predicted octanol–water partition coefficient (Wildman–Crippen LogP) is 2.71. The van der Waals surface area contributed by atoms with Crippen LogP contribution in [0, 0.1) is 18.0 Å². The molecule has 0 aliphatic rings. The molecule has 2 aromatic rings. The number of methoxy groups -OCH3 is 1. The Kier molecular flexibility index (Phi) is 3.53. The summed E-state index contributed by atoms with van der Waals surface area (Å²) < 4.78 is 31.2. The minimum Gasteiger partial charge on any atom is -0.492 e. The van der Waals surface area contributed by atoms with Crippen molar-refractivity contribution in [2.45, 2.75) is 9.92 Å². The number of hydrogen-bond acceptors (Lipinski definition) is 4. The quantitative estimate of drug-likeness (QED) is 0.788. The monoisotopic (exact) mass is 253 g/mol. The van der Waals surface area contributed by atoms with E-state index in [1.807, 2.05) is 0 Å². The second kappa shape index (κ2) is 5.09. The topological polar surface area (TPSA) is 35.0 Å². The van der Waals surface area contributed by atoms with E-state index in [-0.39, 0.29) is 4.90 Å². The van der Waals surface area contributed by atoms with Crippen molar-refractivity contribution >= 4 is 11.8 Å². The summed E-state index contributed by atoms with van der Waals surface area (Å²) in [5, 5.41) is 0.424. The third kappa shape index (κ3) is 2.71. The summed E-state index contributed by atoms with van der Waals surface area (Å²) >= 11 is 1.03. The lowest BCUT2D eigenvalue weighted by atomic mass is 10.3. The molecule has 1 heterocycles. The van der Waals surface area contributed by atoms with Crippen molar-refractivity contribution in [3.05, 3.63) is 42.4 Å². The minimum absolute atomic E-state index is 0.261. The lowest BCUT2D eigenvalue weighted by Crippen LogP contribution is -1.92. The maximum Gasteiger partial charge on any atom is 0.199 e. The van der Waals surface area contributed by atoms with Crippen LogP contribution in [0.5, 0.6) is 5.75 Å². The third-order valence-electron chi connectivity index (χ3n) is 1.92. The average molecular weight is 253 g/mol. The summed E-state index contributed by atoms with van der Waals surface area (Å²) in [5.74, 6) is -0.846. The number of benzene rings is 1. The maximum atomic E-state index is 13.4. The molecule has 0 amide bonds. The Morgan fingerprint density at radius 2 is 2.18 bits per heavy atom. The summed E-state index contributed by atoms with van der Waals surface area (Å²) in [4.78, 5) is 7.78. The number of halogens is 2. The molecule has 1 radical (unpaired) electrons. The van der Waals surface area contributed by atoms with Gasteiger partial charge in [0.2, 0.25) is 0 Å². The number of aromatic nitrogens is 2. The van der Waals surface area contributed by atoms with E-state index in [0.717, 1.165) is 17.8 Å². The molecule has 1 aromatic heterocycles. The van der Waals surface area contributed by atoms with E-state index in [1.54, 1.807) is 0 Å². The lowest BCUT2D eigenvalue weighted by Gasteiger charge is -2.06. The van der Waals surface area contributed by atoms with Crippen LogP contribution in [0.3, 0.4) is 0 Å². The van der Waals surface area contributed by atoms with Gasteiger partial charge in [0.25, 0.3) is 0 Å². The molecule has 6 heteroatoms. The molecule has 0 saturated carbocycles. The van der Waals surface area contributed by atoms with Gasteiger partial charge in [0.1, 0.15) is 16.7 Å². The molecule has 0 unspecified atom stereocenters. The van der Waals surface area contributed by atoms with Crippen LogP contribution >= 0.6 is 11.8 Å². The second-order valence-electron chi connectivity index (χ2n) is 3.02. The fraction of sp³-hybridized carbons (Fsp3) is 0.0909. The van der Waals surface area contributed by atoms with E-state index in [0.29, 0.717) is 10.8 Å². The van der Waals surface area contributed by atoms with Crippen molar-refractivity contribution in [1.82, 2.24) is 9.97 Å². The Bertz CT molecular complexity index is 537. The molecule has 1 aromatic carbocycles. The van der Waals surface area contributed by atoms with Crippen molar-refractivity contribution in [1.29, 1.82) is 0 Å². The highest BCUT2D eigenvalue weighted by atomic mass is 32.2. The number of ether oxygens (including phenoxy) is 1. The van der Waals surface area contributed by atoms with Gasteiger partial charge in [-0.15, -0.1) is 0 Å². The Labute approximate surface area is 101 Å². The summed E-state index contributed by atoms with van der Waals surface area (Å²) in [7, 11) is 1.46. The smallest absolute Gasteiger partial charge is 0.199 e. The van der Waals surface area contributed by atoms with E-state index in [4.69, 9.17) is 4.74 Å². The fourth-order valence-electron chi connectivity index (χ4n) is 1.15. The van der Waals surface area contributed by atoms with E-state index in [1.165, 1.54) is 25.4 Å². The Morgan fingerprint density at radius 3 is 2.88 bits per heavy atom. The number of nitrogens with zero attached hydrogens (tertiary/aromatic N) is 2. The van der Waals surface area contributed by atoms with Gasteiger partial charge >= 0.3 is 0 Å². The Morgan fingerprint density at radius 1 is 1.35 bits per heavy atom. The van der Waals surface area contributed by atoms with Crippen LogP contribution in [0.1, 0.15) is 0 Å². The van der Waals surface area contributed by atoms with Crippen LogP contribution in [-0.2, 0) is 0 Å². The highest BCUT2D eigenvalue weighted by Crippen LogP contribution is 2.33. The summed E-state index contributed by atoms with van der Waals surface area (Å²) in [6.07, 6.45) is 3.82. The van der Waals surface area contributed by atoms with Crippen molar-refractivity contribution in [2.24, 2.45) is 0 Å². The molecule has 0 bridgehead atoms. The summed E-state index contributed by atoms with van der Waals surface area (Å²) in [6.45, 7) is 0. The molecule has 0 N–H and O–H groups in total. The maximum absolute atomic E-state index is 13.4. The highest BCUT2D eigenvalue weighted by Gasteiger charge is 2.10. The lowest BCUT2D eigenvalue weighted by molar-refractivity contribution is 0.398. The minimum atomic E-state index is -0.643. The average Bonchev–Trinajstić information content (AvgIpc) is 2.33. The highest BCUT2D eigenvalue weighted by molar-refractivity contribution is 7.99. The first-order valence-corrected chi connectivity index (χ1v) is 5.42. The largest absolute Gasteiger partial charge is 0.492 e. The zero-order valence-corrected chi connectivity index (χ0v) is 9.59. The van der Waals surface area contributed by atoms with Gasteiger partial charge in [-0.3, -0.25) is 0 Å². The Balaban J connectivity index is 2.31. The SMILES string of the molecule is COc1cn[c]nc1Sc1ccc(F)cc1F. The second-order valence-corrected chi connectivity index (χ2v) is 4.05. The fourth-order valence-corrected chi connectivity index (χ4v) is 1.97. The van der Waals surface area contributed by atoms with Crippen LogP contribution in [0.15, 0.2) is 34.3 Å². The van der Waals surface area contributed by atoms with Crippen molar-refractivity contribution in [3.63, 3.8) is 0 Å². The summed E-state index contributed by atoms with van der Waals surface area (Å²) in [5.41, 5.74) is 0. The first-order valence-electron chi connectivity index (χ1n) is 4.60. The van der Waals surface area contributed by atoms with Gasteiger partial charge in [0, 0.05) is 11.0 Å². The van der Waals surface area contributed by atoms with Gasteiger partial charge in [-0.1, -0.05) is 11.8 Å². The molecule has 17 heavy (non-hydrogen) atoms. The zero-order chi connectivity index (χ0) is 12.3. The van der Waals surface area contributed by atoms with E-state index >= 15 is 0 Å². The Hall–Kier alpha value is -1.69. The zero-order valence-electron chi connectivity index (χ0n) is 8.78. The standard InChI is InChI=1S/C11H7F2N2OS/c1-16-9-5-14-6-15-11(9)17-10-3-2-7(12)4-8(10)13/h2-5H,1H3. The van der Waals surface area contributed by atoms with Gasteiger partial charge in [-0.05, 0) is 12.1 Å². The molecule has 0 fully saturated rings. The normalized spacial score (nSPS) is 10.3. The van der Waals surface area contributed by atoms with E-state index in [9.17, 15) is 8.78 Å². The van der Waals surface area contributed by atoms with Crippen LogP contribution in [0.2, 0.25) is 0 Å². The first kappa shape index (κ1) is 11.8. The first-order chi connectivity index (χ1) is 8.20. The van der Waals surface area contributed by atoms with Gasteiger partial charge in [0.15, 0.2) is 12.1 Å². The van der Waals surface area contributed by atoms with Crippen LogP contribution < -0.4 is 4.74 Å². The molecule has 0 aliphatic heterocycles. The van der Waals surface area contributed by atoms with E-state index in [2.05, 4.69) is 16.3 Å². The molecule has 3 nitrogen and oxygen atoms in total. The van der Waals surface area contributed by atoms with Crippen molar-refractivity contribution < 1.29 is 13.5 Å². The van der Waals surface area contributed by atoms with E-state index < -0.39 is 11.6 Å². The molecule has 87 valence electrons. The third-order valence-corrected chi connectivity index (χ3v) is 2.96.